The van der Waals surface area contributed by atoms with Crippen LogP contribution in [0.3, 0.4) is 0 Å². The SMILES string of the molecule is Cc1nc(-c2cc(S(=O)(=O)Nc3cc(F)ccc3F)c(C)n2C)sc1C(=O)N1CCOCC1. The topological polar surface area (TPSA) is 93.5 Å². The summed E-state index contributed by atoms with van der Waals surface area (Å²) in [6, 6.07) is 3.94. The molecule has 1 fully saturated rings. The van der Waals surface area contributed by atoms with Gasteiger partial charge in [0.25, 0.3) is 15.9 Å². The minimum atomic E-state index is -4.22. The highest BCUT2D eigenvalue weighted by atomic mass is 32.2. The van der Waals surface area contributed by atoms with Gasteiger partial charge in [0, 0.05) is 31.9 Å². The van der Waals surface area contributed by atoms with Gasteiger partial charge < -0.3 is 14.2 Å². The number of thiazole rings is 1. The predicted octanol–water partition coefficient (Wildman–Crippen LogP) is 3.32. The van der Waals surface area contributed by atoms with Crippen LogP contribution in [0.5, 0.6) is 0 Å². The molecule has 4 rings (SSSR count). The quantitative estimate of drug-likeness (QED) is 0.585. The zero-order chi connectivity index (χ0) is 23.9. The van der Waals surface area contributed by atoms with E-state index in [1.165, 1.54) is 17.4 Å². The van der Waals surface area contributed by atoms with E-state index in [1.807, 2.05) is 0 Å². The van der Waals surface area contributed by atoms with Gasteiger partial charge in [-0.25, -0.2) is 22.2 Å². The van der Waals surface area contributed by atoms with Crippen LogP contribution >= 0.6 is 11.3 Å². The Morgan fingerprint density at radius 3 is 2.58 bits per heavy atom. The van der Waals surface area contributed by atoms with Gasteiger partial charge in [-0.1, -0.05) is 0 Å². The molecule has 0 atom stereocenters. The number of halogens is 2. The van der Waals surface area contributed by atoms with Gasteiger partial charge in [0.2, 0.25) is 0 Å². The first-order valence-corrected chi connectivity index (χ1v) is 12.4. The highest BCUT2D eigenvalue weighted by molar-refractivity contribution is 7.92. The zero-order valence-corrected chi connectivity index (χ0v) is 19.8. The molecular weight excluding hydrogens is 474 g/mol. The van der Waals surface area contributed by atoms with E-state index in [0.717, 1.165) is 18.2 Å². The van der Waals surface area contributed by atoms with E-state index in [2.05, 4.69) is 9.71 Å². The standard InChI is InChI=1S/C21H22F2N4O4S2/c1-12-19(21(28)27-6-8-31-9-7-27)32-20(24-12)17-11-18(13(2)26(17)3)33(29,30)25-16-10-14(22)4-5-15(16)23/h4-5,10-11,25H,6-9H2,1-3H3. The molecule has 176 valence electrons. The lowest BCUT2D eigenvalue weighted by atomic mass is 10.3. The van der Waals surface area contributed by atoms with E-state index in [4.69, 9.17) is 4.74 Å². The van der Waals surface area contributed by atoms with E-state index in [0.29, 0.717) is 53.3 Å². The second-order valence-corrected chi connectivity index (χ2v) is 10.3. The minimum Gasteiger partial charge on any atom is -0.378 e. The summed E-state index contributed by atoms with van der Waals surface area (Å²) < 4.78 is 62.4. The Morgan fingerprint density at radius 2 is 1.88 bits per heavy atom. The Kier molecular flexibility index (Phi) is 6.25. The summed E-state index contributed by atoms with van der Waals surface area (Å²) in [5.41, 5.74) is 0.933. The number of sulfonamides is 1. The molecule has 8 nitrogen and oxygen atoms in total. The van der Waals surface area contributed by atoms with E-state index < -0.39 is 27.3 Å². The Labute approximate surface area is 193 Å². The van der Waals surface area contributed by atoms with Gasteiger partial charge in [0.15, 0.2) is 0 Å². The van der Waals surface area contributed by atoms with Gasteiger partial charge in [-0.2, -0.15) is 0 Å². The second-order valence-electron chi connectivity index (χ2n) is 7.61. The molecule has 1 saturated heterocycles. The lowest BCUT2D eigenvalue weighted by molar-refractivity contribution is 0.0305. The predicted molar refractivity (Wildman–Crippen MR) is 120 cm³/mol. The fraction of sp³-hybridized carbons (Fsp3) is 0.333. The van der Waals surface area contributed by atoms with Crippen LogP contribution in [0.25, 0.3) is 10.7 Å². The van der Waals surface area contributed by atoms with Crippen molar-refractivity contribution in [3.05, 3.63) is 52.2 Å². The smallest absolute Gasteiger partial charge is 0.266 e. The normalized spacial score (nSPS) is 14.5. The Morgan fingerprint density at radius 1 is 1.18 bits per heavy atom. The number of aryl methyl sites for hydroxylation is 1. The number of ether oxygens (including phenoxy) is 1. The monoisotopic (exact) mass is 496 g/mol. The van der Waals surface area contributed by atoms with Crippen molar-refractivity contribution in [1.82, 2.24) is 14.5 Å². The number of aromatic nitrogens is 2. The third-order valence-electron chi connectivity index (χ3n) is 5.46. The van der Waals surface area contributed by atoms with Gasteiger partial charge in [0.05, 0.1) is 30.3 Å². The lowest BCUT2D eigenvalue weighted by Crippen LogP contribution is -2.40. The van der Waals surface area contributed by atoms with Crippen molar-refractivity contribution in [2.24, 2.45) is 7.05 Å². The van der Waals surface area contributed by atoms with Crippen molar-refractivity contribution in [3.8, 4) is 10.7 Å². The summed E-state index contributed by atoms with van der Waals surface area (Å²) in [6.07, 6.45) is 0. The molecule has 1 aromatic carbocycles. The van der Waals surface area contributed by atoms with Crippen LogP contribution in [-0.4, -0.2) is 55.1 Å². The molecule has 0 radical (unpaired) electrons. The van der Waals surface area contributed by atoms with Crippen LogP contribution in [0.4, 0.5) is 14.5 Å². The van der Waals surface area contributed by atoms with E-state index in [-0.39, 0.29) is 10.8 Å². The average molecular weight is 497 g/mol. The van der Waals surface area contributed by atoms with Crippen LogP contribution in [0, 0.1) is 25.5 Å². The summed E-state index contributed by atoms with van der Waals surface area (Å²) >= 11 is 1.18. The maximum absolute atomic E-state index is 14.0. The van der Waals surface area contributed by atoms with E-state index >= 15 is 0 Å². The summed E-state index contributed by atoms with van der Waals surface area (Å²) in [5, 5.41) is 0.480. The van der Waals surface area contributed by atoms with Crippen LogP contribution in [0.15, 0.2) is 29.2 Å². The fourth-order valence-electron chi connectivity index (χ4n) is 3.54. The molecule has 1 aliphatic rings. The molecule has 0 saturated carbocycles. The van der Waals surface area contributed by atoms with Gasteiger partial charge in [0.1, 0.15) is 26.4 Å². The molecule has 0 spiro atoms. The largest absolute Gasteiger partial charge is 0.378 e. The molecule has 2 aromatic heterocycles. The third kappa shape index (κ3) is 4.50. The molecule has 12 heteroatoms. The van der Waals surface area contributed by atoms with Gasteiger partial charge >= 0.3 is 0 Å². The van der Waals surface area contributed by atoms with Gasteiger partial charge in [-0.3, -0.25) is 9.52 Å². The Bertz CT molecular complexity index is 1330. The molecule has 33 heavy (non-hydrogen) atoms. The Hall–Kier alpha value is -2.83. The first kappa shape index (κ1) is 23.3. The van der Waals surface area contributed by atoms with Crippen molar-refractivity contribution >= 4 is 33.0 Å². The maximum atomic E-state index is 14.0. The summed E-state index contributed by atoms with van der Waals surface area (Å²) in [7, 11) is -2.55. The molecule has 1 N–H and O–H groups in total. The lowest BCUT2D eigenvalue weighted by Gasteiger charge is -2.26. The number of hydrogen-bond donors (Lipinski definition) is 1. The number of rotatable bonds is 5. The third-order valence-corrected chi connectivity index (χ3v) is 8.11. The molecule has 0 aliphatic carbocycles. The second kappa shape index (κ2) is 8.84. The van der Waals surface area contributed by atoms with Gasteiger partial charge in [-0.05, 0) is 32.0 Å². The Balaban J connectivity index is 1.67. The number of nitrogens with one attached hydrogen (secondary N) is 1. The molecule has 0 bridgehead atoms. The molecule has 0 unspecified atom stereocenters. The highest BCUT2D eigenvalue weighted by Crippen LogP contribution is 2.33. The first-order chi connectivity index (χ1) is 15.6. The van der Waals surface area contributed by atoms with Gasteiger partial charge in [-0.15, -0.1) is 11.3 Å². The number of morpholine rings is 1. The first-order valence-electron chi connectivity index (χ1n) is 10.1. The summed E-state index contributed by atoms with van der Waals surface area (Å²) in [5.74, 6) is -1.80. The maximum Gasteiger partial charge on any atom is 0.266 e. The van der Waals surface area contributed by atoms with Crippen molar-refractivity contribution in [1.29, 1.82) is 0 Å². The molecule has 3 heterocycles. The summed E-state index contributed by atoms with van der Waals surface area (Å²) in [4.78, 5) is 19.5. The fourth-order valence-corrected chi connectivity index (χ4v) is 5.97. The van der Waals surface area contributed by atoms with Crippen molar-refractivity contribution in [3.63, 3.8) is 0 Å². The number of benzene rings is 1. The van der Waals surface area contributed by atoms with E-state index in [9.17, 15) is 22.0 Å². The van der Waals surface area contributed by atoms with Crippen LogP contribution in [0.1, 0.15) is 21.1 Å². The molecular formula is C21H22F2N4O4S2. The number of nitrogens with zero attached hydrogens (tertiary/aromatic N) is 3. The van der Waals surface area contributed by atoms with E-state index in [1.54, 1.807) is 30.4 Å². The highest BCUT2D eigenvalue weighted by Gasteiger charge is 2.27. The average Bonchev–Trinajstić information content (AvgIpc) is 3.30. The number of amides is 1. The molecule has 3 aromatic rings. The van der Waals surface area contributed by atoms with Crippen molar-refractivity contribution in [2.75, 3.05) is 31.0 Å². The zero-order valence-electron chi connectivity index (χ0n) is 18.2. The molecule has 1 aliphatic heterocycles. The van der Waals surface area contributed by atoms with Crippen molar-refractivity contribution in [2.45, 2.75) is 18.7 Å². The number of anilines is 1. The number of carbonyl (C=O) groups is 1. The van der Waals surface area contributed by atoms with Crippen LogP contribution in [0.2, 0.25) is 0 Å². The van der Waals surface area contributed by atoms with Crippen molar-refractivity contribution < 1.29 is 26.7 Å². The summed E-state index contributed by atoms with van der Waals surface area (Å²) in [6.45, 7) is 5.29. The van der Waals surface area contributed by atoms with Crippen LogP contribution < -0.4 is 4.72 Å². The number of hydrogen-bond acceptors (Lipinski definition) is 6. The van der Waals surface area contributed by atoms with Crippen LogP contribution in [-0.2, 0) is 21.8 Å². The molecule has 1 amide bonds. The minimum absolute atomic E-state index is 0.0995. The number of carbonyl (C=O) groups excluding carboxylic acids is 1.